The van der Waals surface area contributed by atoms with E-state index in [1.54, 1.807) is 0 Å². The van der Waals surface area contributed by atoms with Crippen LogP contribution >= 0.6 is 0 Å². The molecule has 6 heteroatoms. The molecule has 0 saturated heterocycles. The van der Waals surface area contributed by atoms with E-state index in [4.69, 9.17) is 5.11 Å². The van der Waals surface area contributed by atoms with Crippen molar-refractivity contribution >= 4 is 17.7 Å². The second-order valence-corrected chi connectivity index (χ2v) is 3.68. The van der Waals surface area contributed by atoms with E-state index in [9.17, 15) is 24.6 Å². The van der Waals surface area contributed by atoms with Gasteiger partial charge in [-0.15, -0.1) is 0 Å². The van der Waals surface area contributed by atoms with Crippen molar-refractivity contribution in [1.82, 2.24) is 0 Å². The zero-order valence-electron chi connectivity index (χ0n) is 8.52. The van der Waals surface area contributed by atoms with Crippen molar-refractivity contribution in [2.75, 3.05) is 0 Å². The molecule has 6 nitrogen and oxygen atoms in total. The highest BCUT2D eigenvalue weighted by atomic mass is 16.4. The minimum atomic E-state index is -2.57. The van der Waals surface area contributed by atoms with Gasteiger partial charge in [-0.05, 0) is 0 Å². The number of hydrogen-bond acceptors (Lipinski definition) is 5. The van der Waals surface area contributed by atoms with Crippen LogP contribution in [0.5, 0.6) is 0 Å². The van der Waals surface area contributed by atoms with E-state index in [1.165, 1.54) is 13.8 Å². The number of carbonyl (C=O) groups is 3. The summed E-state index contributed by atoms with van der Waals surface area (Å²) in [6.07, 6.45) is -1.82. The number of carboxylic acid groups (broad SMARTS) is 2. The second-order valence-electron chi connectivity index (χ2n) is 3.68. The van der Waals surface area contributed by atoms with E-state index in [0.717, 1.165) is 0 Å². The Morgan fingerprint density at radius 2 is 1.73 bits per heavy atom. The Bertz CT molecular complexity index is 282. The third-order valence-corrected chi connectivity index (χ3v) is 1.95. The molecule has 1 unspecified atom stereocenters. The molecule has 0 aromatic heterocycles. The van der Waals surface area contributed by atoms with Crippen molar-refractivity contribution in [3.63, 3.8) is 0 Å². The summed E-state index contributed by atoms with van der Waals surface area (Å²) in [4.78, 5) is 32.1. The topological polar surface area (TPSA) is 115 Å². The molecule has 2 N–H and O–H groups in total. The van der Waals surface area contributed by atoms with Gasteiger partial charge in [0.05, 0.1) is 0 Å². The predicted molar refractivity (Wildman–Crippen MR) is 46.7 cm³/mol. The highest BCUT2D eigenvalue weighted by molar-refractivity contribution is 5.91. The van der Waals surface area contributed by atoms with E-state index >= 15 is 0 Å². The van der Waals surface area contributed by atoms with Gasteiger partial charge in [-0.2, -0.15) is 0 Å². The predicted octanol–water partition coefficient (Wildman–Crippen LogP) is -1.44. The molecule has 0 rings (SSSR count). The first-order chi connectivity index (χ1) is 6.69. The zero-order valence-corrected chi connectivity index (χ0v) is 8.52. The third kappa shape index (κ3) is 4.07. The summed E-state index contributed by atoms with van der Waals surface area (Å²) < 4.78 is 0. The molecule has 1 atom stereocenters. The lowest BCUT2D eigenvalue weighted by atomic mass is 9.90. The Balaban J connectivity index is 4.73. The first kappa shape index (κ1) is 13.6. The number of rotatable bonds is 6. The van der Waals surface area contributed by atoms with E-state index < -0.39 is 42.1 Å². The monoisotopic (exact) mass is 217 g/mol. The Hall–Kier alpha value is -1.43. The molecule has 0 amide bonds. The first-order valence-corrected chi connectivity index (χ1v) is 4.37. The van der Waals surface area contributed by atoms with Crippen LogP contribution in [-0.4, -0.2) is 33.5 Å². The number of hydrogen-bond donors (Lipinski definition) is 2. The maximum Gasteiger partial charge on any atom is 0.336 e. The van der Waals surface area contributed by atoms with Crippen molar-refractivity contribution in [1.29, 1.82) is 0 Å². The SMILES string of the molecule is CC(C)C(=O)CC(O)(CC(=O)[O-])C(=O)O. The normalized spacial score (nSPS) is 14.7. The number of carbonyl (C=O) groups excluding carboxylic acids is 2. The molecule has 0 saturated carbocycles. The Kier molecular flexibility index (Phi) is 4.41. The van der Waals surface area contributed by atoms with E-state index in [-0.39, 0.29) is 0 Å². The van der Waals surface area contributed by atoms with Crippen LogP contribution in [0.1, 0.15) is 26.7 Å². The molecule has 0 bridgehead atoms. The van der Waals surface area contributed by atoms with Crippen LogP contribution in [-0.2, 0) is 14.4 Å². The molecule has 0 heterocycles. The van der Waals surface area contributed by atoms with Gasteiger partial charge in [-0.25, -0.2) is 4.79 Å². The minimum absolute atomic E-state index is 0.461. The fourth-order valence-electron chi connectivity index (χ4n) is 0.945. The number of Topliss-reactive ketones (excluding diaryl/α,β-unsaturated/α-hetero) is 1. The average molecular weight is 217 g/mol. The number of carboxylic acids is 2. The summed E-state index contributed by atoms with van der Waals surface area (Å²) in [5.74, 6) is -4.42. The molecular weight excluding hydrogens is 204 g/mol. The molecule has 86 valence electrons. The van der Waals surface area contributed by atoms with Crippen molar-refractivity contribution in [3.05, 3.63) is 0 Å². The highest BCUT2D eigenvalue weighted by Crippen LogP contribution is 2.18. The van der Waals surface area contributed by atoms with Gasteiger partial charge in [0.2, 0.25) is 0 Å². The van der Waals surface area contributed by atoms with Crippen LogP contribution in [0.3, 0.4) is 0 Å². The molecule has 0 aromatic carbocycles. The molecule has 0 aromatic rings. The molecule has 0 radical (unpaired) electrons. The van der Waals surface area contributed by atoms with Gasteiger partial charge in [0.15, 0.2) is 5.60 Å². The Morgan fingerprint density at radius 1 is 1.27 bits per heavy atom. The summed E-state index contributed by atoms with van der Waals surface area (Å²) in [7, 11) is 0. The standard InChI is InChI=1S/C9H14O6/c1-5(2)6(10)3-9(15,8(13)14)4-7(11)12/h5,15H,3-4H2,1-2H3,(H,11,12)(H,13,14)/p-1. The summed E-state index contributed by atoms with van der Waals surface area (Å²) in [6.45, 7) is 3.06. The van der Waals surface area contributed by atoms with E-state index in [1.807, 2.05) is 0 Å². The van der Waals surface area contributed by atoms with Crippen molar-refractivity contribution in [2.45, 2.75) is 32.3 Å². The lowest BCUT2D eigenvalue weighted by Crippen LogP contribution is -2.46. The van der Waals surface area contributed by atoms with E-state index in [0.29, 0.717) is 0 Å². The second kappa shape index (κ2) is 4.88. The van der Waals surface area contributed by atoms with Gasteiger partial charge in [0, 0.05) is 24.7 Å². The average Bonchev–Trinajstić information content (AvgIpc) is 2.01. The maximum atomic E-state index is 11.2. The molecule has 0 spiro atoms. The molecule has 0 aliphatic heterocycles. The molecule has 15 heavy (non-hydrogen) atoms. The van der Waals surface area contributed by atoms with Gasteiger partial charge >= 0.3 is 5.97 Å². The van der Waals surface area contributed by atoms with Crippen LogP contribution < -0.4 is 5.11 Å². The van der Waals surface area contributed by atoms with Crippen molar-refractivity contribution < 1.29 is 29.7 Å². The highest BCUT2D eigenvalue weighted by Gasteiger charge is 2.38. The fraction of sp³-hybridized carbons (Fsp3) is 0.667. The van der Waals surface area contributed by atoms with Crippen molar-refractivity contribution in [3.8, 4) is 0 Å². The molecule has 0 aliphatic carbocycles. The Labute approximate surface area is 86.5 Å². The summed E-state index contributed by atoms with van der Waals surface area (Å²) in [6, 6.07) is 0. The number of aliphatic hydroxyl groups is 1. The summed E-state index contributed by atoms with van der Waals surface area (Å²) in [5, 5.41) is 28.3. The largest absolute Gasteiger partial charge is 0.550 e. The lowest BCUT2D eigenvalue weighted by Gasteiger charge is -2.23. The zero-order chi connectivity index (χ0) is 12.2. The molecule has 0 fully saturated rings. The third-order valence-electron chi connectivity index (χ3n) is 1.95. The van der Waals surface area contributed by atoms with Gasteiger partial charge in [-0.3, -0.25) is 4.79 Å². The number of ketones is 1. The van der Waals surface area contributed by atoms with Gasteiger partial charge in [0.25, 0.3) is 0 Å². The lowest BCUT2D eigenvalue weighted by molar-refractivity contribution is -0.309. The smallest absolute Gasteiger partial charge is 0.336 e. The fourth-order valence-corrected chi connectivity index (χ4v) is 0.945. The van der Waals surface area contributed by atoms with Gasteiger partial charge in [-0.1, -0.05) is 13.8 Å². The first-order valence-electron chi connectivity index (χ1n) is 4.37. The van der Waals surface area contributed by atoms with Crippen LogP contribution in [0, 0.1) is 5.92 Å². The number of aliphatic carboxylic acids is 2. The Morgan fingerprint density at radius 3 is 2.00 bits per heavy atom. The van der Waals surface area contributed by atoms with Gasteiger partial charge < -0.3 is 20.1 Å². The minimum Gasteiger partial charge on any atom is -0.550 e. The van der Waals surface area contributed by atoms with Crippen LogP contribution in [0.25, 0.3) is 0 Å². The molecular formula is C9H13O6-. The van der Waals surface area contributed by atoms with Crippen LogP contribution in [0.15, 0.2) is 0 Å². The summed E-state index contributed by atoms with van der Waals surface area (Å²) in [5.41, 5.74) is -2.57. The quantitative estimate of drug-likeness (QED) is 0.563. The van der Waals surface area contributed by atoms with Crippen molar-refractivity contribution in [2.24, 2.45) is 5.92 Å². The van der Waals surface area contributed by atoms with Crippen LogP contribution in [0.2, 0.25) is 0 Å². The van der Waals surface area contributed by atoms with Gasteiger partial charge in [0.1, 0.15) is 5.78 Å². The molecule has 0 aliphatic rings. The van der Waals surface area contributed by atoms with E-state index in [2.05, 4.69) is 0 Å². The van der Waals surface area contributed by atoms with Crippen LogP contribution in [0.4, 0.5) is 0 Å². The maximum absolute atomic E-state index is 11.2. The summed E-state index contributed by atoms with van der Waals surface area (Å²) >= 11 is 0.